The maximum atomic E-state index is 15.4. The molecule has 5 heterocycles. The Morgan fingerprint density at radius 2 is 1.95 bits per heavy atom. The topological polar surface area (TPSA) is 121 Å². The molecule has 0 bridgehead atoms. The van der Waals surface area contributed by atoms with Crippen LogP contribution in [0.4, 0.5) is 10.2 Å². The summed E-state index contributed by atoms with van der Waals surface area (Å²) in [4.78, 5) is 36.6. The van der Waals surface area contributed by atoms with Crippen LogP contribution in [0.25, 0.3) is 33.5 Å². The number of aromatic nitrogens is 5. The fraction of sp³-hybridized carbons (Fsp3) is 0.517. The summed E-state index contributed by atoms with van der Waals surface area (Å²) in [5.41, 5.74) is 8.17. The molecule has 12 heteroatoms. The van der Waals surface area contributed by atoms with Crippen LogP contribution in [0.1, 0.15) is 26.6 Å². The lowest BCUT2D eigenvalue weighted by molar-refractivity contribution is -0.120. The largest absolute Gasteiger partial charge is 0.378 e. The van der Waals surface area contributed by atoms with Crippen molar-refractivity contribution in [2.45, 2.75) is 39.9 Å². The lowest BCUT2D eigenvalue weighted by Crippen LogP contribution is -2.56. The minimum Gasteiger partial charge on any atom is -0.378 e. The van der Waals surface area contributed by atoms with Gasteiger partial charge in [-0.2, -0.15) is 0 Å². The number of nitrogens with two attached hydrogens (primary N) is 1. The number of ether oxygens (including phenoxy) is 1. The number of rotatable bonds is 8. The third-order valence-electron chi connectivity index (χ3n) is 8.30. The normalized spacial score (nSPS) is 19.1. The second-order valence-electron chi connectivity index (χ2n) is 11.3. The molecular weight excluding hydrogens is 525 g/mol. The van der Waals surface area contributed by atoms with Crippen LogP contribution in [0, 0.1) is 11.7 Å². The fourth-order valence-corrected chi connectivity index (χ4v) is 6.21. The molecule has 2 fully saturated rings. The van der Waals surface area contributed by atoms with E-state index < -0.39 is 0 Å². The van der Waals surface area contributed by atoms with Crippen LogP contribution in [0.2, 0.25) is 0 Å². The third kappa shape index (κ3) is 5.27. The molecule has 218 valence electrons. The van der Waals surface area contributed by atoms with Gasteiger partial charge in [-0.1, -0.05) is 13.8 Å². The van der Waals surface area contributed by atoms with Crippen LogP contribution in [0.5, 0.6) is 0 Å². The summed E-state index contributed by atoms with van der Waals surface area (Å²) >= 11 is 0. The van der Waals surface area contributed by atoms with Gasteiger partial charge in [-0.25, -0.2) is 19.3 Å². The number of H-pyrrole nitrogens is 1. The van der Waals surface area contributed by atoms with E-state index in [0.717, 1.165) is 41.9 Å². The summed E-state index contributed by atoms with van der Waals surface area (Å²) in [7, 11) is 0. The van der Waals surface area contributed by atoms with E-state index in [1.807, 2.05) is 6.07 Å². The molecule has 2 aliphatic rings. The maximum absolute atomic E-state index is 15.4. The molecule has 6 rings (SSSR count). The number of halogens is 1. The minimum absolute atomic E-state index is 0.218. The first-order valence-corrected chi connectivity index (χ1v) is 14.4. The number of aromatic amines is 1. The molecule has 2 saturated heterocycles. The van der Waals surface area contributed by atoms with Crippen molar-refractivity contribution in [2.75, 3.05) is 57.4 Å². The van der Waals surface area contributed by atoms with Crippen molar-refractivity contribution in [3.63, 3.8) is 0 Å². The zero-order chi connectivity index (χ0) is 28.7. The van der Waals surface area contributed by atoms with E-state index >= 15 is 4.39 Å². The van der Waals surface area contributed by atoms with E-state index in [1.54, 1.807) is 12.3 Å². The Balaban J connectivity index is 1.42. The molecule has 41 heavy (non-hydrogen) atoms. The molecule has 1 aromatic carbocycles. The smallest absolute Gasteiger partial charge is 0.231 e. The van der Waals surface area contributed by atoms with Gasteiger partial charge in [0, 0.05) is 62.4 Å². The molecule has 11 nitrogen and oxygen atoms in total. The van der Waals surface area contributed by atoms with Gasteiger partial charge in [0.1, 0.15) is 11.6 Å². The number of aryl methyl sites for hydroxylation is 1. The fourth-order valence-electron chi connectivity index (χ4n) is 6.21. The SMILES string of the molecule is CCn1c(CN2CCN(CC(N)=O)[C@@H](C(C)C)C2)nc2c(N3CCOCC3)nc(-c3c(F)ccc4[nH]ccc34)nc21. The van der Waals surface area contributed by atoms with Gasteiger partial charge in [-0.3, -0.25) is 14.6 Å². The highest BCUT2D eigenvalue weighted by Crippen LogP contribution is 2.34. The van der Waals surface area contributed by atoms with E-state index in [-0.39, 0.29) is 24.3 Å². The first-order chi connectivity index (χ1) is 19.8. The van der Waals surface area contributed by atoms with Crippen molar-refractivity contribution in [1.29, 1.82) is 0 Å². The number of carbonyl (C=O) groups is 1. The Labute approximate surface area is 238 Å². The van der Waals surface area contributed by atoms with Gasteiger partial charge in [-0.05, 0) is 31.0 Å². The predicted octanol–water partition coefficient (Wildman–Crippen LogP) is 2.60. The maximum Gasteiger partial charge on any atom is 0.231 e. The van der Waals surface area contributed by atoms with E-state index in [4.69, 9.17) is 25.4 Å². The van der Waals surface area contributed by atoms with E-state index in [9.17, 15) is 4.79 Å². The number of amides is 1. The zero-order valence-electron chi connectivity index (χ0n) is 23.9. The number of nitrogens with zero attached hydrogens (tertiary/aromatic N) is 7. The van der Waals surface area contributed by atoms with Crippen molar-refractivity contribution in [3.05, 3.63) is 36.0 Å². The zero-order valence-corrected chi connectivity index (χ0v) is 23.9. The highest BCUT2D eigenvalue weighted by atomic mass is 19.1. The number of hydrogen-bond acceptors (Lipinski definition) is 8. The molecule has 1 atom stereocenters. The monoisotopic (exact) mass is 563 g/mol. The van der Waals surface area contributed by atoms with Crippen molar-refractivity contribution in [2.24, 2.45) is 11.7 Å². The van der Waals surface area contributed by atoms with E-state index in [0.29, 0.717) is 68.2 Å². The number of carbonyl (C=O) groups excluding carboxylic acids is 1. The molecule has 1 amide bonds. The molecule has 3 aromatic heterocycles. The lowest BCUT2D eigenvalue weighted by Gasteiger charge is -2.42. The van der Waals surface area contributed by atoms with Crippen LogP contribution in [-0.4, -0.2) is 98.7 Å². The number of imidazole rings is 1. The van der Waals surface area contributed by atoms with Gasteiger partial charge in [0.05, 0.1) is 31.9 Å². The van der Waals surface area contributed by atoms with Crippen LogP contribution in [0.15, 0.2) is 24.4 Å². The number of nitrogens with one attached hydrogen (secondary N) is 1. The summed E-state index contributed by atoms with van der Waals surface area (Å²) in [5.74, 6) is 1.67. The van der Waals surface area contributed by atoms with Crippen LogP contribution < -0.4 is 10.6 Å². The molecule has 0 radical (unpaired) electrons. The van der Waals surface area contributed by atoms with Crippen LogP contribution >= 0.6 is 0 Å². The summed E-state index contributed by atoms with van der Waals surface area (Å²) in [6.07, 6.45) is 1.80. The number of benzene rings is 1. The highest BCUT2D eigenvalue weighted by Gasteiger charge is 2.31. The van der Waals surface area contributed by atoms with E-state index in [2.05, 4.69) is 45.0 Å². The molecule has 0 saturated carbocycles. The van der Waals surface area contributed by atoms with Gasteiger partial charge in [0.25, 0.3) is 0 Å². The third-order valence-corrected chi connectivity index (χ3v) is 8.30. The quantitative estimate of drug-likeness (QED) is 0.336. The van der Waals surface area contributed by atoms with Crippen molar-refractivity contribution < 1.29 is 13.9 Å². The number of anilines is 1. The summed E-state index contributed by atoms with van der Waals surface area (Å²) in [5, 5.41) is 0.744. The summed E-state index contributed by atoms with van der Waals surface area (Å²) in [6, 6.07) is 5.27. The van der Waals surface area contributed by atoms with Crippen LogP contribution in [0.3, 0.4) is 0 Å². The van der Waals surface area contributed by atoms with E-state index in [1.165, 1.54) is 6.07 Å². The molecule has 0 unspecified atom stereocenters. The Morgan fingerprint density at radius 1 is 1.15 bits per heavy atom. The molecule has 0 aliphatic carbocycles. The number of hydrogen-bond donors (Lipinski definition) is 2. The van der Waals surface area contributed by atoms with Crippen molar-refractivity contribution >= 4 is 33.8 Å². The van der Waals surface area contributed by atoms with Crippen molar-refractivity contribution in [1.82, 2.24) is 34.3 Å². The van der Waals surface area contributed by atoms with Gasteiger partial charge in [-0.15, -0.1) is 0 Å². The average Bonchev–Trinajstić information content (AvgIpc) is 3.57. The van der Waals surface area contributed by atoms with Crippen molar-refractivity contribution in [3.8, 4) is 11.4 Å². The summed E-state index contributed by atoms with van der Waals surface area (Å²) < 4.78 is 23.1. The highest BCUT2D eigenvalue weighted by molar-refractivity contribution is 5.95. The average molecular weight is 564 g/mol. The second-order valence-corrected chi connectivity index (χ2v) is 11.3. The second kappa shape index (κ2) is 11.3. The Bertz CT molecular complexity index is 1560. The Hall–Kier alpha value is -3.61. The molecule has 4 aromatic rings. The number of morpholine rings is 1. The van der Waals surface area contributed by atoms with Gasteiger partial charge >= 0.3 is 0 Å². The van der Waals surface area contributed by atoms with Crippen LogP contribution in [-0.2, 0) is 22.6 Å². The minimum atomic E-state index is -0.360. The number of piperazine rings is 1. The molecule has 0 spiro atoms. The Morgan fingerprint density at radius 3 is 2.68 bits per heavy atom. The standard InChI is InChI=1S/C29H38FN9O2/c1-4-39-24(17-36-9-10-38(16-23(31)40)22(15-36)18(2)3)33-26-28(37-11-13-41-14-12-37)34-27(35-29(26)39)25-19-7-8-32-21(19)6-5-20(25)30/h5-8,18,22,32H,4,9-17H2,1-3H3,(H2,31,40)/t22-/m1/s1. The number of primary amides is 1. The van der Waals surface area contributed by atoms with Gasteiger partial charge < -0.3 is 24.9 Å². The molecule has 3 N–H and O–H groups in total. The molecule has 2 aliphatic heterocycles. The Kier molecular flexibility index (Phi) is 7.62. The van der Waals surface area contributed by atoms with Gasteiger partial charge in [0.15, 0.2) is 22.8 Å². The first-order valence-electron chi connectivity index (χ1n) is 14.4. The first kappa shape index (κ1) is 27.6. The number of fused-ring (bicyclic) bond motifs is 2. The molecular formula is C29H38FN9O2. The summed E-state index contributed by atoms with van der Waals surface area (Å²) in [6.45, 7) is 12.9. The van der Waals surface area contributed by atoms with Gasteiger partial charge in [0.2, 0.25) is 5.91 Å². The lowest BCUT2D eigenvalue weighted by atomic mass is 9.99. The predicted molar refractivity (Wildman–Crippen MR) is 156 cm³/mol.